The Morgan fingerprint density at radius 2 is 2.08 bits per heavy atom. The van der Waals surface area contributed by atoms with Crippen LogP contribution in [-0.4, -0.2) is 29.8 Å². The maximum Gasteiger partial charge on any atom is 0.00966 e. The molecule has 1 nitrogen and oxygen atoms in total. The molecule has 2 saturated carbocycles. The van der Waals surface area contributed by atoms with Gasteiger partial charge in [-0.3, -0.25) is 4.90 Å². The first-order valence-corrected chi connectivity index (χ1v) is 6.28. The third-order valence-corrected chi connectivity index (χ3v) is 4.08. The van der Waals surface area contributed by atoms with Crippen molar-refractivity contribution < 1.29 is 0 Å². The Morgan fingerprint density at radius 1 is 1.38 bits per heavy atom. The topological polar surface area (TPSA) is 3.24 Å². The summed E-state index contributed by atoms with van der Waals surface area (Å²) >= 11 is 4.47. The van der Waals surface area contributed by atoms with Crippen molar-refractivity contribution in [2.75, 3.05) is 18.8 Å². The Balaban J connectivity index is 1.81. The average molecular weight is 199 g/mol. The average Bonchev–Trinajstić information content (AvgIpc) is 3.01. The molecule has 0 aromatic heterocycles. The highest BCUT2D eigenvalue weighted by molar-refractivity contribution is 7.80. The number of nitrogens with zero attached hydrogens (tertiary/aromatic N) is 1. The predicted molar refractivity (Wildman–Crippen MR) is 60.4 cm³/mol. The second kappa shape index (κ2) is 3.82. The normalized spacial score (nSPS) is 25.2. The first-order valence-electron chi connectivity index (χ1n) is 5.64. The van der Waals surface area contributed by atoms with E-state index < -0.39 is 0 Å². The zero-order chi connectivity index (χ0) is 9.31. The van der Waals surface area contributed by atoms with Crippen LogP contribution in [0, 0.1) is 5.41 Å². The maximum absolute atomic E-state index is 4.47. The number of thiol groups is 1. The van der Waals surface area contributed by atoms with Gasteiger partial charge in [-0.05, 0) is 49.8 Å². The molecule has 0 heterocycles. The number of rotatable bonds is 6. The van der Waals surface area contributed by atoms with Gasteiger partial charge >= 0.3 is 0 Å². The van der Waals surface area contributed by atoms with E-state index in [0.29, 0.717) is 5.41 Å². The molecule has 0 aliphatic heterocycles. The van der Waals surface area contributed by atoms with Gasteiger partial charge in [-0.15, -0.1) is 0 Å². The minimum absolute atomic E-state index is 0.626. The molecule has 0 bridgehead atoms. The molecule has 0 aromatic rings. The van der Waals surface area contributed by atoms with Crippen LogP contribution in [-0.2, 0) is 0 Å². The second-order valence-corrected chi connectivity index (χ2v) is 5.18. The molecule has 2 fully saturated rings. The van der Waals surface area contributed by atoms with Gasteiger partial charge < -0.3 is 0 Å². The van der Waals surface area contributed by atoms with E-state index >= 15 is 0 Å². The minimum atomic E-state index is 0.626. The Hall–Kier alpha value is 0.310. The van der Waals surface area contributed by atoms with Gasteiger partial charge in [0.1, 0.15) is 0 Å². The van der Waals surface area contributed by atoms with Crippen molar-refractivity contribution in [3.05, 3.63) is 0 Å². The summed E-state index contributed by atoms with van der Waals surface area (Å²) in [6.07, 6.45) is 7.04. The van der Waals surface area contributed by atoms with Crippen LogP contribution in [0.1, 0.15) is 39.0 Å². The largest absolute Gasteiger partial charge is 0.300 e. The summed E-state index contributed by atoms with van der Waals surface area (Å²) in [5, 5.41) is 0. The maximum atomic E-state index is 4.47. The third kappa shape index (κ3) is 2.41. The lowest BCUT2D eigenvalue weighted by Gasteiger charge is -2.26. The monoisotopic (exact) mass is 199 g/mol. The number of hydrogen-bond donors (Lipinski definition) is 1. The van der Waals surface area contributed by atoms with E-state index in [4.69, 9.17) is 0 Å². The van der Waals surface area contributed by atoms with Gasteiger partial charge in [-0.2, -0.15) is 12.6 Å². The van der Waals surface area contributed by atoms with Gasteiger partial charge in [0.2, 0.25) is 0 Å². The zero-order valence-electron chi connectivity index (χ0n) is 8.63. The van der Waals surface area contributed by atoms with Crippen molar-refractivity contribution in [2.45, 2.75) is 45.1 Å². The quantitative estimate of drug-likeness (QED) is 0.644. The minimum Gasteiger partial charge on any atom is -0.300 e. The SMILES string of the molecule is CCCN(CC1(CS)CC1)C1CC1. The smallest absolute Gasteiger partial charge is 0.00966 e. The summed E-state index contributed by atoms with van der Waals surface area (Å²) < 4.78 is 0. The Bertz CT molecular complexity index is 173. The first kappa shape index (κ1) is 9.85. The summed E-state index contributed by atoms with van der Waals surface area (Å²) in [4.78, 5) is 2.71. The van der Waals surface area contributed by atoms with E-state index in [1.165, 1.54) is 45.2 Å². The molecule has 0 aromatic carbocycles. The lowest BCUT2D eigenvalue weighted by molar-refractivity contribution is 0.221. The standard InChI is InChI=1S/C11H21NS/c1-2-7-12(10-3-4-10)8-11(9-13)5-6-11/h10,13H,2-9H2,1H3. The van der Waals surface area contributed by atoms with E-state index in [2.05, 4.69) is 24.5 Å². The molecule has 0 unspecified atom stereocenters. The molecule has 76 valence electrons. The van der Waals surface area contributed by atoms with E-state index in [-0.39, 0.29) is 0 Å². The van der Waals surface area contributed by atoms with Crippen LogP contribution in [0.5, 0.6) is 0 Å². The molecular formula is C11H21NS. The van der Waals surface area contributed by atoms with Gasteiger partial charge in [-0.25, -0.2) is 0 Å². The molecule has 2 aliphatic carbocycles. The molecule has 13 heavy (non-hydrogen) atoms. The van der Waals surface area contributed by atoms with E-state index in [1.807, 2.05) is 0 Å². The van der Waals surface area contributed by atoms with Crippen LogP contribution < -0.4 is 0 Å². The van der Waals surface area contributed by atoms with Gasteiger partial charge in [0.25, 0.3) is 0 Å². The summed E-state index contributed by atoms with van der Waals surface area (Å²) in [6.45, 7) is 4.92. The van der Waals surface area contributed by atoms with Crippen LogP contribution in [0.15, 0.2) is 0 Å². The zero-order valence-corrected chi connectivity index (χ0v) is 9.52. The second-order valence-electron chi connectivity index (χ2n) is 4.86. The van der Waals surface area contributed by atoms with E-state index in [0.717, 1.165) is 11.8 Å². The van der Waals surface area contributed by atoms with Crippen molar-refractivity contribution in [3.8, 4) is 0 Å². The fourth-order valence-corrected chi connectivity index (χ4v) is 2.51. The summed E-state index contributed by atoms with van der Waals surface area (Å²) in [7, 11) is 0. The first-order chi connectivity index (χ1) is 6.29. The van der Waals surface area contributed by atoms with Crippen LogP contribution in [0.3, 0.4) is 0 Å². The van der Waals surface area contributed by atoms with Crippen molar-refractivity contribution in [2.24, 2.45) is 5.41 Å². The van der Waals surface area contributed by atoms with Crippen molar-refractivity contribution in [3.63, 3.8) is 0 Å². The molecular weight excluding hydrogens is 178 g/mol. The molecule has 0 radical (unpaired) electrons. The fraction of sp³-hybridized carbons (Fsp3) is 1.00. The van der Waals surface area contributed by atoms with Gasteiger partial charge in [0.15, 0.2) is 0 Å². The van der Waals surface area contributed by atoms with Crippen molar-refractivity contribution >= 4 is 12.6 Å². The molecule has 2 aliphatic rings. The number of hydrogen-bond acceptors (Lipinski definition) is 2. The highest BCUT2D eigenvalue weighted by Gasteiger charge is 2.44. The molecule has 0 atom stereocenters. The van der Waals surface area contributed by atoms with Crippen molar-refractivity contribution in [1.29, 1.82) is 0 Å². The lowest BCUT2D eigenvalue weighted by atomic mass is 10.1. The molecule has 0 spiro atoms. The fourth-order valence-electron chi connectivity index (χ4n) is 2.09. The van der Waals surface area contributed by atoms with Gasteiger partial charge in [0.05, 0.1) is 0 Å². The van der Waals surface area contributed by atoms with Crippen LogP contribution >= 0.6 is 12.6 Å². The highest BCUT2D eigenvalue weighted by Crippen LogP contribution is 2.48. The van der Waals surface area contributed by atoms with Crippen LogP contribution in [0.25, 0.3) is 0 Å². The molecule has 0 N–H and O–H groups in total. The summed E-state index contributed by atoms with van der Waals surface area (Å²) in [5.41, 5.74) is 0.626. The lowest BCUT2D eigenvalue weighted by Crippen LogP contribution is -2.33. The molecule has 0 amide bonds. The van der Waals surface area contributed by atoms with E-state index in [9.17, 15) is 0 Å². The van der Waals surface area contributed by atoms with E-state index in [1.54, 1.807) is 0 Å². The summed E-state index contributed by atoms with van der Waals surface area (Å²) in [5.74, 6) is 1.10. The molecule has 2 heteroatoms. The predicted octanol–water partition coefficient (Wildman–Crippen LogP) is 2.57. The molecule has 0 saturated heterocycles. The third-order valence-electron chi connectivity index (χ3n) is 3.41. The summed E-state index contributed by atoms with van der Waals surface area (Å²) in [6, 6.07) is 0.942. The van der Waals surface area contributed by atoms with Crippen LogP contribution in [0.2, 0.25) is 0 Å². The van der Waals surface area contributed by atoms with Gasteiger partial charge in [0, 0.05) is 12.6 Å². The van der Waals surface area contributed by atoms with Crippen molar-refractivity contribution in [1.82, 2.24) is 4.90 Å². The van der Waals surface area contributed by atoms with Crippen LogP contribution in [0.4, 0.5) is 0 Å². The Labute approximate surface area is 87.3 Å². The highest BCUT2D eigenvalue weighted by atomic mass is 32.1. The Morgan fingerprint density at radius 3 is 2.46 bits per heavy atom. The van der Waals surface area contributed by atoms with Gasteiger partial charge in [-0.1, -0.05) is 6.92 Å². The Kier molecular flexibility index (Phi) is 2.89. The molecule has 2 rings (SSSR count).